The van der Waals surface area contributed by atoms with Crippen LogP contribution in [-0.4, -0.2) is 11.5 Å². The highest BCUT2D eigenvalue weighted by Crippen LogP contribution is 2.67. The Morgan fingerprint density at radius 1 is 1.04 bits per heavy atom. The number of epoxide rings is 1. The molecule has 0 spiro atoms. The normalized spacial score (nSPS) is 34.5. The molecule has 0 radical (unpaired) electrons. The molecular weight excluding hydrogens is 299 g/mol. The molecule has 4 rings (SSSR count). The zero-order valence-electron chi connectivity index (χ0n) is 14.2. The van der Waals surface area contributed by atoms with Gasteiger partial charge in [-0.25, -0.2) is 4.39 Å². The number of hydrogen-bond donors (Lipinski definition) is 0. The van der Waals surface area contributed by atoms with Gasteiger partial charge in [0.25, 0.3) is 0 Å². The van der Waals surface area contributed by atoms with Crippen LogP contribution < -0.4 is 0 Å². The van der Waals surface area contributed by atoms with Crippen molar-refractivity contribution in [3.05, 3.63) is 71.3 Å². The van der Waals surface area contributed by atoms with Gasteiger partial charge in [0, 0.05) is 12.3 Å². The fourth-order valence-corrected chi connectivity index (χ4v) is 3.87. The minimum Gasteiger partial charge on any atom is -0.331 e. The molecule has 1 aliphatic heterocycles. The molecule has 1 nitrogen and oxygen atoms in total. The zero-order valence-corrected chi connectivity index (χ0v) is 14.2. The minimum absolute atomic E-state index is 0.313. The van der Waals surface area contributed by atoms with Crippen molar-refractivity contribution in [2.45, 2.75) is 44.1 Å². The number of rotatable bonds is 5. The molecule has 2 heteroatoms. The van der Waals surface area contributed by atoms with E-state index in [1.165, 1.54) is 16.7 Å². The lowest BCUT2D eigenvalue weighted by Crippen LogP contribution is -2.20. The molecule has 0 amide bonds. The second-order valence-corrected chi connectivity index (χ2v) is 7.15. The maximum Gasteiger partial charge on any atom is 0.239 e. The van der Waals surface area contributed by atoms with E-state index >= 15 is 0 Å². The molecule has 2 fully saturated rings. The Hall–Kier alpha value is -1.93. The molecule has 1 heterocycles. The second kappa shape index (κ2) is 5.56. The standard InChI is InChI=1S/C22H23FO/c1-3-22(23)21(2,24-22)20-15-19(20)18-13-11-17(12-14-18)10-9-16-7-5-4-6-8-16/h4-14,19-20H,3,15H2,1-2H3/b10-9+. The third kappa shape index (κ3) is 2.59. The van der Waals surface area contributed by atoms with Crippen molar-refractivity contribution in [3.63, 3.8) is 0 Å². The summed E-state index contributed by atoms with van der Waals surface area (Å²) in [6.45, 7) is 3.79. The van der Waals surface area contributed by atoms with Crippen LogP contribution in [-0.2, 0) is 4.74 Å². The summed E-state index contributed by atoms with van der Waals surface area (Å²) in [5, 5.41) is 0. The van der Waals surface area contributed by atoms with Gasteiger partial charge in [0.1, 0.15) is 5.60 Å². The zero-order chi connectivity index (χ0) is 16.8. The van der Waals surface area contributed by atoms with Gasteiger partial charge in [0.05, 0.1) is 0 Å². The molecule has 24 heavy (non-hydrogen) atoms. The Bertz CT molecular complexity index is 751. The van der Waals surface area contributed by atoms with Crippen LogP contribution in [0.5, 0.6) is 0 Å². The lowest BCUT2D eigenvalue weighted by molar-refractivity contribution is 0.135. The van der Waals surface area contributed by atoms with E-state index in [-0.39, 0.29) is 0 Å². The fourth-order valence-electron chi connectivity index (χ4n) is 3.87. The Morgan fingerprint density at radius 3 is 2.25 bits per heavy atom. The smallest absolute Gasteiger partial charge is 0.239 e. The van der Waals surface area contributed by atoms with E-state index in [1.54, 1.807) is 0 Å². The Balaban J connectivity index is 1.42. The van der Waals surface area contributed by atoms with Crippen molar-refractivity contribution in [2.75, 3.05) is 0 Å². The summed E-state index contributed by atoms with van der Waals surface area (Å²) in [6.07, 6.45) is 5.71. The van der Waals surface area contributed by atoms with Crippen molar-refractivity contribution >= 4 is 12.2 Å². The van der Waals surface area contributed by atoms with Crippen LogP contribution in [0.25, 0.3) is 12.2 Å². The van der Waals surface area contributed by atoms with E-state index in [2.05, 4.69) is 48.6 Å². The Labute approximate surface area is 143 Å². The van der Waals surface area contributed by atoms with E-state index < -0.39 is 11.5 Å². The van der Waals surface area contributed by atoms with Gasteiger partial charge in [-0.15, -0.1) is 0 Å². The second-order valence-electron chi connectivity index (χ2n) is 7.15. The maximum atomic E-state index is 14.4. The van der Waals surface area contributed by atoms with Crippen LogP contribution in [0, 0.1) is 5.92 Å². The molecule has 0 aromatic heterocycles. The summed E-state index contributed by atoms with van der Waals surface area (Å²) in [5.41, 5.74) is 3.11. The lowest BCUT2D eigenvalue weighted by Gasteiger charge is -2.08. The van der Waals surface area contributed by atoms with Crippen molar-refractivity contribution in [2.24, 2.45) is 5.92 Å². The summed E-state index contributed by atoms with van der Waals surface area (Å²) >= 11 is 0. The topological polar surface area (TPSA) is 12.5 Å². The number of halogens is 1. The number of ether oxygens (including phenoxy) is 1. The quantitative estimate of drug-likeness (QED) is 0.499. The molecule has 2 aromatic rings. The van der Waals surface area contributed by atoms with E-state index in [0.717, 1.165) is 6.42 Å². The monoisotopic (exact) mass is 322 g/mol. The van der Waals surface area contributed by atoms with Gasteiger partial charge < -0.3 is 4.74 Å². The van der Waals surface area contributed by atoms with Gasteiger partial charge in [-0.05, 0) is 36.0 Å². The molecule has 4 unspecified atom stereocenters. The highest BCUT2D eigenvalue weighted by atomic mass is 19.2. The highest BCUT2D eigenvalue weighted by molar-refractivity contribution is 5.69. The largest absolute Gasteiger partial charge is 0.331 e. The Kier molecular flexibility index (Phi) is 3.61. The summed E-state index contributed by atoms with van der Waals surface area (Å²) in [5.74, 6) is -0.649. The average Bonchev–Trinajstić information content (AvgIpc) is 3.51. The number of hydrogen-bond acceptors (Lipinski definition) is 1. The molecule has 2 aromatic carbocycles. The van der Waals surface area contributed by atoms with E-state index in [4.69, 9.17) is 4.74 Å². The molecule has 0 N–H and O–H groups in total. The summed E-state index contributed by atoms with van der Waals surface area (Å²) in [6, 6.07) is 18.9. The number of benzene rings is 2. The maximum absolute atomic E-state index is 14.4. The molecular formula is C22H23FO. The predicted molar refractivity (Wildman–Crippen MR) is 96.3 cm³/mol. The van der Waals surface area contributed by atoms with Crippen LogP contribution in [0.15, 0.2) is 54.6 Å². The summed E-state index contributed by atoms with van der Waals surface area (Å²) < 4.78 is 19.8. The van der Waals surface area contributed by atoms with Crippen LogP contribution >= 0.6 is 0 Å². The number of alkyl halides is 1. The molecule has 2 aliphatic rings. The van der Waals surface area contributed by atoms with E-state index in [1.807, 2.05) is 32.0 Å². The van der Waals surface area contributed by atoms with Crippen molar-refractivity contribution in [3.8, 4) is 0 Å². The first kappa shape index (κ1) is 15.6. The van der Waals surface area contributed by atoms with E-state index in [0.29, 0.717) is 18.3 Å². The fraction of sp³-hybridized carbons (Fsp3) is 0.364. The van der Waals surface area contributed by atoms with Gasteiger partial charge in [0.15, 0.2) is 0 Å². The molecule has 0 bridgehead atoms. The first-order chi connectivity index (χ1) is 11.6. The van der Waals surface area contributed by atoms with Crippen molar-refractivity contribution in [1.82, 2.24) is 0 Å². The third-order valence-electron chi connectivity index (χ3n) is 5.66. The van der Waals surface area contributed by atoms with Gasteiger partial charge in [-0.2, -0.15) is 0 Å². The highest BCUT2D eigenvalue weighted by Gasteiger charge is 2.75. The molecule has 1 aliphatic carbocycles. The van der Waals surface area contributed by atoms with Crippen LogP contribution in [0.1, 0.15) is 49.3 Å². The van der Waals surface area contributed by atoms with Crippen LogP contribution in [0.3, 0.4) is 0 Å². The first-order valence-corrected chi connectivity index (χ1v) is 8.78. The first-order valence-electron chi connectivity index (χ1n) is 8.78. The van der Waals surface area contributed by atoms with Crippen LogP contribution in [0.4, 0.5) is 4.39 Å². The SMILES string of the molecule is CCC1(F)OC1(C)C1CC1c1ccc(/C=C/c2ccccc2)cc1. The van der Waals surface area contributed by atoms with Crippen molar-refractivity contribution < 1.29 is 9.13 Å². The van der Waals surface area contributed by atoms with Gasteiger partial charge >= 0.3 is 0 Å². The predicted octanol–water partition coefficient (Wildman–Crippen LogP) is 5.83. The third-order valence-corrected chi connectivity index (χ3v) is 5.66. The molecule has 1 saturated carbocycles. The Morgan fingerprint density at radius 2 is 1.67 bits per heavy atom. The minimum atomic E-state index is -1.40. The average molecular weight is 322 g/mol. The summed E-state index contributed by atoms with van der Waals surface area (Å²) in [4.78, 5) is 0. The van der Waals surface area contributed by atoms with Gasteiger partial charge in [-0.3, -0.25) is 0 Å². The van der Waals surface area contributed by atoms with Crippen molar-refractivity contribution in [1.29, 1.82) is 0 Å². The summed E-state index contributed by atoms with van der Waals surface area (Å²) in [7, 11) is 0. The molecule has 124 valence electrons. The van der Waals surface area contributed by atoms with E-state index in [9.17, 15) is 4.39 Å². The van der Waals surface area contributed by atoms with Gasteiger partial charge in [0.2, 0.25) is 5.85 Å². The van der Waals surface area contributed by atoms with Crippen LogP contribution in [0.2, 0.25) is 0 Å². The molecule has 4 atom stereocenters. The lowest BCUT2D eigenvalue weighted by atomic mass is 9.94. The molecule has 1 saturated heterocycles. The van der Waals surface area contributed by atoms with Gasteiger partial charge in [-0.1, -0.05) is 73.7 Å².